The first-order chi connectivity index (χ1) is 8.16. The molecule has 0 aliphatic rings. The Morgan fingerprint density at radius 3 is 2.76 bits per heavy atom. The Bertz CT molecular complexity index is 542. The van der Waals surface area contributed by atoms with Crippen LogP contribution in [-0.4, -0.2) is 14.9 Å². The summed E-state index contributed by atoms with van der Waals surface area (Å²) >= 11 is 0. The largest absolute Gasteiger partial charge is 0.384 e. The first kappa shape index (κ1) is 11.0. The fourth-order valence-corrected chi connectivity index (χ4v) is 1.48. The number of nitro groups is 1. The lowest BCUT2D eigenvalue weighted by Gasteiger charge is -2.02. The van der Waals surface area contributed by atoms with E-state index in [1.807, 2.05) is 6.07 Å². The lowest BCUT2D eigenvalue weighted by molar-refractivity contribution is -0.385. The van der Waals surface area contributed by atoms with Crippen molar-refractivity contribution in [3.8, 4) is 0 Å². The van der Waals surface area contributed by atoms with Gasteiger partial charge in [-0.3, -0.25) is 15.1 Å². The van der Waals surface area contributed by atoms with Gasteiger partial charge < -0.3 is 5.73 Å². The van der Waals surface area contributed by atoms with E-state index in [1.54, 1.807) is 18.3 Å². The molecule has 6 heteroatoms. The third-order valence-corrected chi connectivity index (χ3v) is 2.24. The Labute approximate surface area is 97.3 Å². The van der Waals surface area contributed by atoms with Gasteiger partial charge in [0, 0.05) is 24.4 Å². The molecule has 0 radical (unpaired) electrons. The molecule has 2 rings (SSSR count). The summed E-state index contributed by atoms with van der Waals surface area (Å²) in [5.74, 6) is 0.265. The maximum absolute atomic E-state index is 10.8. The molecular formula is C11H10N4O2. The van der Waals surface area contributed by atoms with E-state index >= 15 is 0 Å². The molecule has 0 saturated carbocycles. The Balaban J connectivity index is 2.37. The van der Waals surface area contributed by atoms with E-state index in [2.05, 4.69) is 9.97 Å². The van der Waals surface area contributed by atoms with Crippen LogP contribution in [0.15, 0.2) is 36.5 Å². The zero-order valence-corrected chi connectivity index (χ0v) is 8.91. The highest BCUT2D eigenvalue weighted by molar-refractivity contribution is 5.44. The van der Waals surface area contributed by atoms with Crippen LogP contribution in [0.3, 0.4) is 0 Å². The Kier molecular flexibility index (Phi) is 2.95. The monoisotopic (exact) mass is 230 g/mol. The van der Waals surface area contributed by atoms with Gasteiger partial charge in [0.1, 0.15) is 11.5 Å². The van der Waals surface area contributed by atoms with Crippen molar-refractivity contribution >= 4 is 11.5 Å². The molecular weight excluding hydrogens is 220 g/mol. The van der Waals surface area contributed by atoms with E-state index in [-0.39, 0.29) is 11.5 Å². The molecule has 0 aliphatic heterocycles. The predicted molar refractivity (Wildman–Crippen MR) is 62.3 cm³/mol. The number of nitrogens with two attached hydrogens (primary N) is 1. The van der Waals surface area contributed by atoms with Crippen molar-refractivity contribution in [2.24, 2.45) is 0 Å². The first-order valence-electron chi connectivity index (χ1n) is 4.96. The average Bonchev–Trinajstić information content (AvgIpc) is 2.30. The van der Waals surface area contributed by atoms with Crippen molar-refractivity contribution < 1.29 is 4.92 Å². The third-order valence-electron chi connectivity index (χ3n) is 2.24. The fraction of sp³-hybridized carbons (Fsp3) is 0.0909. The summed E-state index contributed by atoms with van der Waals surface area (Å²) in [5, 5.41) is 10.8. The molecule has 6 nitrogen and oxygen atoms in total. The lowest BCUT2D eigenvalue weighted by atomic mass is 10.1. The number of nitrogens with zero attached hydrogens (tertiary/aromatic N) is 3. The molecule has 2 aromatic heterocycles. The van der Waals surface area contributed by atoms with Gasteiger partial charge in [0.25, 0.3) is 5.69 Å². The molecule has 0 unspecified atom stereocenters. The SMILES string of the molecule is Nc1ccc([N+](=O)[O-])c(Cc2ccccn2)n1. The fourth-order valence-electron chi connectivity index (χ4n) is 1.48. The summed E-state index contributed by atoms with van der Waals surface area (Å²) in [6, 6.07) is 8.17. The van der Waals surface area contributed by atoms with Crippen molar-refractivity contribution in [3.63, 3.8) is 0 Å². The normalized spacial score (nSPS) is 10.1. The summed E-state index contributed by atoms with van der Waals surface area (Å²) < 4.78 is 0. The van der Waals surface area contributed by atoms with Crippen LogP contribution >= 0.6 is 0 Å². The highest BCUT2D eigenvalue weighted by atomic mass is 16.6. The van der Waals surface area contributed by atoms with E-state index in [0.29, 0.717) is 17.8 Å². The zero-order chi connectivity index (χ0) is 12.3. The third kappa shape index (κ3) is 2.54. The van der Waals surface area contributed by atoms with Gasteiger partial charge in [0.2, 0.25) is 0 Å². The highest BCUT2D eigenvalue weighted by Crippen LogP contribution is 2.20. The summed E-state index contributed by atoms with van der Waals surface area (Å²) in [6.45, 7) is 0. The number of hydrogen-bond donors (Lipinski definition) is 1. The number of anilines is 1. The van der Waals surface area contributed by atoms with Crippen molar-refractivity contribution in [2.45, 2.75) is 6.42 Å². The minimum atomic E-state index is -0.468. The van der Waals surface area contributed by atoms with Crippen LogP contribution in [0, 0.1) is 10.1 Å². The van der Waals surface area contributed by atoms with Gasteiger partial charge in [-0.15, -0.1) is 0 Å². The van der Waals surface area contributed by atoms with Crippen LogP contribution in [0.4, 0.5) is 11.5 Å². The second kappa shape index (κ2) is 4.56. The summed E-state index contributed by atoms with van der Waals surface area (Å²) in [5.41, 5.74) is 6.53. The van der Waals surface area contributed by atoms with E-state index in [4.69, 9.17) is 5.73 Å². The number of rotatable bonds is 3. The van der Waals surface area contributed by atoms with Gasteiger partial charge in [-0.05, 0) is 18.2 Å². The van der Waals surface area contributed by atoms with Crippen molar-refractivity contribution in [2.75, 3.05) is 5.73 Å². The molecule has 0 bridgehead atoms. The van der Waals surface area contributed by atoms with Crippen LogP contribution in [-0.2, 0) is 6.42 Å². The van der Waals surface area contributed by atoms with Crippen LogP contribution in [0.1, 0.15) is 11.4 Å². The molecule has 2 heterocycles. The average molecular weight is 230 g/mol. The number of aromatic nitrogens is 2. The first-order valence-corrected chi connectivity index (χ1v) is 4.96. The lowest BCUT2D eigenvalue weighted by Crippen LogP contribution is -2.03. The number of pyridine rings is 2. The van der Waals surface area contributed by atoms with E-state index in [9.17, 15) is 10.1 Å². The topological polar surface area (TPSA) is 94.9 Å². The standard InChI is InChI=1S/C11H10N4O2/c12-11-5-4-10(15(16)17)9(14-11)7-8-3-1-2-6-13-8/h1-6H,7H2,(H2,12,14). The van der Waals surface area contributed by atoms with Crippen molar-refractivity contribution in [1.82, 2.24) is 9.97 Å². The molecule has 0 aliphatic carbocycles. The second-order valence-electron chi connectivity index (χ2n) is 3.46. The highest BCUT2D eigenvalue weighted by Gasteiger charge is 2.15. The van der Waals surface area contributed by atoms with Crippen LogP contribution in [0.5, 0.6) is 0 Å². The molecule has 0 saturated heterocycles. The van der Waals surface area contributed by atoms with Gasteiger partial charge in [-0.1, -0.05) is 6.07 Å². The van der Waals surface area contributed by atoms with Crippen LogP contribution < -0.4 is 5.73 Å². The van der Waals surface area contributed by atoms with E-state index in [1.165, 1.54) is 12.1 Å². The van der Waals surface area contributed by atoms with Gasteiger partial charge in [-0.2, -0.15) is 0 Å². The summed E-state index contributed by atoms with van der Waals surface area (Å²) in [4.78, 5) is 18.4. The van der Waals surface area contributed by atoms with Crippen molar-refractivity contribution in [3.05, 3.63) is 58.0 Å². The molecule has 0 amide bonds. The molecule has 86 valence electrons. The Hall–Kier alpha value is -2.50. The quantitative estimate of drug-likeness (QED) is 0.637. The van der Waals surface area contributed by atoms with Crippen LogP contribution in [0.25, 0.3) is 0 Å². The number of nitrogen functional groups attached to an aromatic ring is 1. The molecule has 2 aromatic rings. The predicted octanol–water partition coefficient (Wildman–Crippen LogP) is 1.56. The Morgan fingerprint density at radius 1 is 1.29 bits per heavy atom. The van der Waals surface area contributed by atoms with Gasteiger partial charge in [0.15, 0.2) is 0 Å². The summed E-state index contributed by atoms with van der Waals surface area (Å²) in [7, 11) is 0. The Morgan fingerprint density at radius 2 is 2.12 bits per heavy atom. The minimum absolute atomic E-state index is 0.0372. The van der Waals surface area contributed by atoms with Crippen LogP contribution in [0.2, 0.25) is 0 Å². The van der Waals surface area contributed by atoms with Gasteiger partial charge in [0.05, 0.1) is 4.92 Å². The van der Waals surface area contributed by atoms with Gasteiger partial charge >= 0.3 is 0 Å². The molecule has 2 N–H and O–H groups in total. The van der Waals surface area contributed by atoms with E-state index in [0.717, 1.165) is 0 Å². The number of hydrogen-bond acceptors (Lipinski definition) is 5. The smallest absolute Gasteiger partial charge is 0.291 e. The zero-order valence-electron chi connectivity index (χ0n) is 8.91. The molecule has 0 spiro atoms. The minimum Gasteiger partial charge on any atom is -0.384 e. The van der Waals surface area contributed by atoms with Crippen molar-refractivity contribution in [1.29, 1.82) is 0 Å². The maximum Gasteiger partial charge on any atom is 0.291 e. The summed E-state index contributed by atoms with van der Waals surface area (Å²) in [6.07, 6.45) is 1.93. The molecule has 0 aromatic carbocycles. The van der Waals surface area contributed by atoms with Gasteiger partial charge in [-0.25, -0.2) is 4.98 Å². The molecule has 0 fully saturated rings. The maximum atomic E-state index is 10.8. The molecule has 0 atom stereocenters. The second-order valence-corrected chi connectivity index (χ2v) is 3.46. The van der Waals surface area contributed by atoms with E-state index < -0.39 is 4.92 Å². The molecule has 17 heavy (non-hydrogen) atoms.